The molecule has 130 valence electrons. The predicted octanol–water partition coefficient (Wildman–Crippen LogP) is 3.44. The lowest BCUT2D eigenvalue weighted by atomic mass is 9.85. The van der Waals surface area contributed by atoms with Gasteiger partial charge in [0.25, 0.3) is 5.91 Å². The van der Waals surface area contributed by atoms with Crippen LogP contribution in [0.5, 0.6) is 5.75 Å². The number of anilines is 1. The zero-order valence-electron chi connectivity index (χ0n) is 14.6. The molecule has 26 heavy (non-hydrogen) atoms. The highest BCUT2D eigenvalue weighted by Crippen LogP contribution is 2.43. The van der Waals surface area contributed by atoms with E-state index in [2.05, 4.69) is 0 Å². The number of hydrogen-bond donors (Lipinski definition) is 1. The van der Waals surface area contributed by atoms with Crippen molar-refractivity contribution in [1.29, 1.82) is 0 Å². The molecule has 0 fully saturated rings. The molecule has 0 saturated heterocycles. The smallest absolute Gasteiger partial charge is 0.256 e. The maximum Gasteiger partial charge on any atom is 0.256 e. The Morgan fingerprint density at radius 3 is 2.27 bits per heavy atom. The fourth-order valence-electron chi connectivity index (χ4n) is 3.54. The number of benzene rings is 3. The summed E-state index contributed by atoms with van der Waals surface area (Å²) in [6.45, 7) is 0.492. The topological polar surface area (TPSA) is 55.6 Å². The average molecular weight is 344 g/mol. The Kier molecular flexibility index (Phi) is 3.98. The van der Waals surface area contributed by atoms with Crippen LogP contribution in [0.15, 0.2) is 78.9 Å². The second-order valence-corrected chi connectivity index (χ2v) is 6.43. The molecule has 1 atom stereocenters. The van der Waals surface area contributed by atoms with Gasteiger partial charge in [-0.2, -0.15) is 0 Å². The largest absolute Gasteiger partial charge is 0.497 e. The Hall–Kier alpha value is -3.11. The SMILES string of the molecule is COc1ccc([C@]2(N)C(=O)N(Cc3ccccc3)c3ccccc32)cc1. The number of carbonyl (C=O) groups is 1. The van der Waals surface area contributed by atoms with E-state index in [1.165, 1.54) is 0 Å². The first-order valence-electron chi connectivity index (χ1n) is 8.53. The van der Waals surface area contributed by atoms with Gasteiger partial charge in [-0.3, -0.25) is 4.79 Å². The van der Waals surface area contributed by atoms with Crippen LogP contribution in [0.1, 0.15) is 16.7 Å². The standard InChI is InChI=1S/C22H20N2O2/c1-26-18-13-11-17(12-14-18)22(23)19-9-5-6-10-20(19)24(21(22)25)15-16-7-3-2-4-8-16/h2-14H,15,23H2,1H3/t22-/m1/s1. The molecule has 3 aromatic rings. The number of amides is 1. The monoisotopic (exact) mass is 344 g/mol. The summed E-state index contributed by atoms with van der Waals surface area (Å²) < 4.78 is 5.23. The van der Waals surface area contributed by atoms with Gasteiger partial charge in [0.05, 0.1) is 19.3 Å². The zero-order valence-corrected chi connectivity index (χ0v) is 14.6. The maximum absolute atomic E-state index is 13.4. The van der Waals surface area contributed by atoms with Gasteiger partial charge in [-0.1, -0.05) is 60.7 Å². The lowest BCUT2D eigenvalue weighted by molar-refractivity contribution is -0.121. The first-order chi connectivity index (χ1) is 12.6. The van der Waals surface area contributed by atoms with Crippen molar-refractivity contribution < 1.29 is 9.53 Å². The van der Waals surface area contributed by atoms with Crippen molar-refractivity contribution in [2.24, 2.45) is 5.73 Å². The summed E-state index contributed by atoms with van der Waals surface area (Å²) in [7, 11) is 1.62. The Labute approximate surface area is 152 Å². The van der Waals surface area contributed by atoms with Crippen LogP contribution in [-0.4, -0.2) is 13.0 Å². The molecule has 4 rings (SSSR count). The average Bonchev–Trinajstić information content (AvgIpc) is 2.92. The second-order valence-electron chi connectivity index (χ2n) is 6.43. The quantitative estimate of drug-likeness (QED) is 0.789. The van der Waals surface area contributed by atoms with Gasteiger partial charge in [0.15, 0.2) is 0 Å². The van der Waals surface area contributed by atoms with Crippen LogP contribution in [0.3, 0.4) is 0 Å². The predicted molar refractivity (Wildman–Crippen MR) is 102 cm³/mol. The van der Waals surface area contributed by atoms with Crippen LogP contribution >= 0.6 is 0 Å². The number of carbonyl (C=O) groups excluding carboxylic acids is 1. The van der Waals surface area contributed by atoms with Crippen molar-refractivity contribution in [2.75, 3.05) is 12.0 Å². The number of nitrogens with two attached hydrogens (primary N) is 1. The molecule has 0 aromatic heterocycles. The first-order valence-corrected chi connectivity index (χ1v) is 8.53. The van der Waals surface area contributed by atoms with E-state index in [4.69, 9.17) is 10.5 Å². The van der Waals surface area contributed by atoms with E-state index in [-0.39, 0.29) is 5.91 Å². The molecule has 2 N–H and O–H groups in total. The van der Waals surface area contributed by atoms with E-state index in [0.717, 1.165) is 28.1 Å². The summed E-state index contributed by atoms with van der Waals surface area (Å²) >= 11 is 0. The minimum Gasteiger partial charge on any atom is -0.497 e. The Morgan fingerprint density at radius 1 is 0.923 bits per heavy atom. The molecule has 1 aliphatic heterocycles. The molecule has 1 amide bonds. The van der Waals surface area contributed by atoms with Crippen LogP contribution in [0.25, 0.3) is 0 Å². The van der Waals surface area contributed by atoms with Crippen molar-refractivity contribution >= 4 is 11.6 Å². The molecule has 0 radical (unpaired) electrons. The molecular formula is C22H20N2O2. The molecule has 1 aliphatic rings. The number of para-hydroxylation sites is 1. The number of ether oxygens (including phenoxy) is 1. The molecule has 1 heterocycles. The van der Waals surface area contributed by atoms with Crippen molar-refractivity contribution in [3.63, 3.8) is 0 Å². The maximum atomic E-state index is 13.4. The van der Waals surface area contributed by atoms with Crippen LogP contribution in [0, 0.1) is 0 Å². The first kappa shape index (κ1) is 16.4. The van der Waals surface area contributed by atoms with Crippen LogP contribution in [-0.2, 0) is 16.9 Å². The third-order valence-electron chi connectivity index (χ3n) is 4.93. The highest BCUT2D eigenvalue weighted by Gasteiger charge is 2.49. The Morgan fingerprint density at radius 2 is 1.58 bits per heavy atom. The number of methoxy groups -OCH3 is 1. The summed E-state index contributed by atoms with van der Waals surface area (Å²) in [5, 5.41) is 0. The zero-order chi connectivity index (χ0) is 18.1. The summed E-state index contributed by atoms with van der Waals surface area (Å²) in [6, 6.07) is 25.1. The summed E-state index contributed by atoms with van der Waals surface area (Å²) in [5.74, 6) is 0.616. The fourth-order valence-corrected chi connectivity index (χ4v) is 3.54. The summed E-state index contributed by atoms with van der Waals surface area (Å²) in [4.78, 5) is 15.2. The molecule has 0 aliphatic carbocycles. The van der Waals surface area contributed by atoms with E-state index < -0.39 is 5.54 Å². The van der Waals surface area contributed by atoms with Crippen molar-refractivity contribution in [2.45, 2.75) is 12.1 Å². The van der Waals surface area contributed by atoms with Gasteiger partial charge in [-0.25, -0.2) is 0 Å². The minimum absolute atomic E-state index is 0.118. The summed E-state index contributed by atoms with van der Waals surface area (Å²) in [6.07, 6.45) is 0. The van der Waals surface area contributed by atoms with E-state index >= 15 is 0 Å². The molecule has 0 unspecified atom stereocenters. The number of rotatable bonds is 4. The number of fused-ring (bicyclic) bond motifs is 1. The molecule has 0 bridgehead atoms. The van der Waals surface area contributed by atoms with E-state index in [1.807, 2.05) is 78.9 Å². The fraction of sp³-hybridized carbons (Fsp3) is 0.136. The van der Waals surface area contributed by atoms with Gasteiger partial charge in [-0.05, 0) is 29.3 Å². The Balaban J connectivity index is 1.79. The van der Waals surface area contributed by atoms with Gasteiger partial charge in [0.1, 0.15) is 11.3 Å². The van der Waals surface area contributed by atoms with Gasteiger partial charge in [-0.15, -0.1) is 0 Å². The van der Waals surface area contributed by atoms with Crippen LogP contribution < -0.4 is 15.4 Å². The van der Waals surface area contributed by atoms with E-state index in [9.17, 15) is 4.79 Å². The second kappa shape index (κ2) is 6.32. The molecule has 0 spiro atoms. The van der Waals surface area contributed by atoms with Gasteiger partial charge >= 0.3 is 0 Å². The molecule has 4 heteroatoms. The lowest BCUT2D eigenvalue weighted by Gasteiger charge is -2.25. The number of nitrogens with zero attached hydrogens (tertiary/aromatic N) is 1. The summed E-state index contributed by atoms with van der Waals surface area (Å²) in [5.41, 5.74) is 9.05. The van der Waals surface area contributed by atoms with Gasteiger partial charge < -0.3 is 15.4 Å². The normalized spacial score (nSPS) is 18.7. The van der Waals surface area contributed by atoms with Crippen LogP contribution in [0.4, 0.5) is 5.69 Å². The van der Waals surface area contributed by atoms with Gasteiger partial charge in [0, 0.05) is 5.56 Å². The molecule has 0 saturated carbocycles. The Bertz CT molecular complexity index is 938. The van der Waals surface area contributed by atoms with Crippen LogP contribution in [0.2, 0.25) is 0 Å². The van der Waals surface area contributed by atoms with Gasteiger partial charge in [0.2, 0.25) is 0 Å². The lowest BCUT2D eigenvalue weighted by Crippen LogP contribution is -2.47. The molecule has 4 nitrogen and oxygen atoms in total. The van der Waals surface area contributed by atoms with Crippen molar-refractivity contribution in [3.8, 4) is 5.75 Å². The van der Waals surface area contributed by atoms with E-state index in [0.29, 0.717) is 6.54 Å². The number of hydrogen-bond acceptors (Lipinski definition) is 3. The third kappa shape index (κ3) is 2.47. The minimum atomic E-state index is -1.20. The van der Waals surface area contributed by atoms with Crippen molar-refractivity contribution in [3.05, 3.63) is 95.6 Å². The highest BCUT2D eigenvalue weighted by atomic mass is 16.5. The van der Waals surface area contributed by atoms with Crippen molar-refractivity contribution in [1.82, 2.24) is 0 Å². The molecular weight excluding hydrogens is 324 g/mol. The molecule has 3 aromatic carbocycles. The van der Waals surface area contributed by atoms with E-state index in [1.54, 1.807) is 12.0 Å². The highest BCUT2D eigenvalue weighted by molar-refractivity contribution is 6.09. The third-order valence-corrected chi connectivity index (χ3v) is 4.93.